The first-order chi connectivity index (χ1) is 3.93. The lowest BCUT2D eigenvalue weighted by molar-refractivity contribution is 1.03. The van der Waals surface area contributed by atoms with Gasteiger partial charge >= 0.3 is 0 Å². The van der Waals surface area contributed by atoms with Crippen LogP contribution in [0, 0.1) is 0 Å². The number of thiocarbonyl (C=S) groups is 1. The Labute approximate surface area is 54.9 Å². The van der Waals surface area contributed by atoms with Crippen molar-refractivity contribution >= 4 is 17.6 Å². The second kappa shape index (κ2) is 2.78. The van der Waals surface area contributed by atoms with Crippen molar-refractivity contribution in [3.63, 3.8) is 0 Å². The fourth-order valence-electron chi connectivity index (χ4n) is 0.721. The van der Waals surface area contributed by atoms with Crippen molar-refractivity contribution in [2.24, 2.45) is 0 Å². The molecule has 8 heavy (non-hydrogen) atoms. The van der Waals surface area contributed by atoms with Crippen molar-refractivity contribution in [2.45, 2.75) is 12.8 Å². The van der Waals surface area contributed by atoms with E-state index in [4.69, 9.17) is 12.2 Å². The molecule has 0 nitrogen and oxygen atoms in total. The molecule has 0 fully saturated rings. The van der Waals surface area contributed by atoms with Gasteiger partial charge in [-0.05, 0) is 18.4 Å². The zero-order valence-corrected chi connectivity index (χ0v) is 5.45. The Morgan fingerprint density at radius 2 is 2.38 bits per heavy atom. The fraction of sp³-hybridized carbons (Fsp3) is 0.286. The van der Waals surface area contributed by atoms with Crippen LogP contribution in [0.4, 0.5) is 0 Å². The summed E-state index contributed by atoms with van der Waals surface area (Å²) < 4.78 is 0. The summed E-state index contributed by atoms with van der Waals surface area (Å²) in [7, 11) is 0. The molecule has 0 atom stereocenters. The van der Waals surface area contributed by atoms with Crippen LogP contribution >= 0.6 is 12.2 Å². The lowest BCUT2D eigenvalue weighted by atomic mass is 10.1. The minimum atomic E-state index is 1.15. The fourth-order valence-corrected chi connectivity index (χ4v) is 0.896. The molecule has 0 aliphatic heterocycles. The highest BCUT2D eigenvalue weighted by atomic mass is 32.1. The molecule has 0 bridgehead atoms. The van der Waals surface area contributed by atoms with Gasteiger partial charge in [-0.2, -0.15) is 0 Å². The highest BCUT2D eigenvalue weighted by molar-refractivity contribution is 7.79. The Morgan fingerprint density at radius 1 is 1.50 bits per heavy atom. The molecule has 0 saturated carbocycles. The monoisotopic (exact) mass is 124 g/mol. The standard InChI is InChI=1S/C7H8S/c8-6-7-4-2-1-3-5-7/h2,4-6H,1,3H2. The maximum Gasteiger partial charge on any atom is 0.00827 e. The smallest absolute Gasteiger partial charge is 0.00827 e. The lowest BCUT2D eigenvalue weighted by Crippen LogP contribution is -1.82. The van der Waals surface area contributed by atoms with Gasteiger partial charge in [0.25, 0.3) is 0 Å². The predicted molar refractivity (Wildman–Crippen MR) is 40.1 cm³/mol. The number of hydrogen-bond donors (Lipinski definition) is 0. The van der Waals surface area contributed by atoms with Gasteiger partial charge in [0.2, 0.25) is 0 Å². The first-order valence-corrected chi connectivity index (χ1v) is 3.22. The van der Waals surface area contributed by atoms with Crippen LogP contribution in [0.15, 0.2) is 23.8 Å². The third-order valence-electron chi connectivity index (χ3n) is 1.16. The molecule has 0 aromatic rings. The first kappa shape index (κ1) is 5.70. The van der Waals surface area contributed by atoms with Crippen LogP contribution in [0.3, 0.4) is 0 Å². The molecule has 42 valence electrons. The molecule has 0 heterocycles. The van der Waals surface area contributed by atoms with Crippen molar-refractivity contribution in [3.8, 4) is 0 Å². The quantitative estimate of drug-likeness (QED) is 0.483. The predicted octanol–water partition coefficient (Wildman–Crippen LogP) is 2.26. The van der Waals surface area contributed by atoms with Crippen LogP contribution in [0.25, 0.3) is 0 Å². The topological polar surface area (TPSA) is 0 Å². The summed E-state index contributed by atoms with van der Waals surface area (Å²) in [6, 6.07) is 0. The van der Waals surface area contributed by atoms with Gasteiger partial charge in [-0.3, -0.25) is 0 Å². The third-order valence-corrected chi connectivity index (χ3v) is 1.43. The Morgan fingerprint density at radius 3 is 2.75 bits per heavy atom. The summed E-state index contributed by atoms with van der Waals surface area (Å²) in [6.45, 7) is 0. The van der Waals surface area contributed by atoms with Crippen LogP contribution in [0.1, 0.15) is 12.8 Å². The van der Waals surface area contributed by atoms with Gasteiger partial charge in [0.15, 0.2) is 0 Å². The molecule has 0 radical (unpaired) electrons. The maximum atomic E-state index is 4.73. The van der Waals surface area contributed by atoms with Gasteiger partial charge in [0, 0.05) is 5.37 Å². The Balaban J connectivity index is 2.64. The van der Waals surface area contributed by atoms with Gasteiger partial charge in [0.05, 0.1) is 0 Å². The molecule has 0 unspecified atom stereocenters. The molecule has 1 aliphatic rings. The Kier molecular flexibility index (Phi) is 1.98. The molecule has 1 aliphatic carbocycles. The summed E-state index contributed by atoms with van der Waals surface area (Å²) in [6.07, 6.45) is 8.70. The van der Waals surface area contributed by atoms with Crippen LogP contribution < -0.4 is 0 Å². The van der Waals surface area contributed by atoms with Gasteiger partial charge in [-0.25, -0.2) is 0 Å². The molecule has 0 amide bonds. The molecule has 0 aromatic heterocycles. The summed E-state index contributed by atoms with van der Waals surface area (Å²) in [4.78, 5) is 0. The maximum absolute atomic E-state index is 4.73. The van der Waals surface area contributed by atoms with Crippen LogP contribution in [0.5, 0.6) is 0 Å². The largest absolute Gasteiger partial charge is 0.0881 e. The number of allylic oxidation sites excluding steroid dienone is 4. The molecule has 0 saturated heterocycles. The van der Waals surface area contributed by atoms with Crippen molar-refractivity contribution < 1.29 is 0 Å². The van der Waals surface area contributed by atoms with Gasteiger partial charge in [0.1, 0.15) is 0 Å². The van der Waals surface area contributed by atoms with Crippen LogP contribution in [0.2, 0.25) is 0 Å². The highest BCUT2D eigenvalue weighted by Gasteiger charge is 1.89. The van der Waals surface area contributed by atoms with E-state index >= 15 is 0 Å². The number of hydrogen-bond acceptors (Lipinski definition) is 1. The van der Waals surface area contributed by atoms with E-state index in [1.54, 1.807) is 5.37 Å². The Bertz CT molecular complexity index is 142. The van der Waals surface area contributed by atoms with Crippen molar-refractivity contribution in [2.75, 3.05) is 0 Å². The zero-order valence-electron chi connectivity index (χ0n) is 4.63. The third kappa shape index (κ3) is 1.27. The molecule has 0 spiro atoms. The van der Waals surface area contributed by atoms with E-state index < -0.39 is 0 Å². The van der Waals surface area contributed by atoms with Crippen molar-refractivity contribution in [1.82, 2.24) is 0 Å². The highest BCUT2D eigenvalue weighted by Crippen LogP contribution is 2.06. The van der Waals surface area contributed by atoms with Crippen LogP contribution in [-0.4, -0.2) is 5.37 Å². The van der Waals surface area contributed by atoms with E-state index in [1.165, 1.54) is 12.0 Å². The Hall–Kier alpha value is -0.430. The van der Waals surface area contributed by atoms with Gasteiger partial charge in [-0.15, -0.1) is 0 Å². The second-order valence-corrected chi connectivity index (χ2v) is 2.04. The van der Waals surface area contributed by atoms with E-state index in [0.29, 0.717) is 0 Å². The van der Waals surface area contributed by atoms with Gasteiger partial charge in [-0.1, -0.05) is 30.4 Å². The summed E-state index contributed by atoms with van der Waals surface area (Å²) >= 11 is 4.73. The number of rotatable bonds is 1. The molecule has 0 aromatic carbocycles. The van der Waals surface area contributed by atoms with Gasteiger partial charge < -0.3 is 0 Å². The zero-order chi connectivity index (χ0) is 5.82. The van der Waals surface area contributed by atoms with Crippen molar-refractivity contribution in [1.29, 1.82) is 0 Å². The van der Waals surface area contributed by atoms with Crippen molar-refractivity contribution in [3.05, 3.63) is 23.8 Å². The first-order valence-electron chi connectivity index (χ1n) is 2.75. The second-order valence-electron chi connectivity index (χ2n) is 1.80. The minimum absolute atomic E-state index is 1.15. The molecule has 0 N–H and O–H groups in total. The molecular formula is C7H8S. The van der Waals surface area contributed by atoms with Crippen LogP contribution in [-0.2, 0) is 0 Å². The summed E-state index contributed by atoms with van der Waals surface area (Å²) in [5.74, 6) is 0. The van der Waals surface area contributed by atoms with E-state index in [1.807, 2.05) is 0 Å². The molecule has 1 rings (SSSR count). The molecule has 1 heteroatoms. The normalized spacial score (nSPS) is 17.8. The van der Waals surface area contributed by atoms with E-state index in [2.05, 4.69) is 18.2 Å². The lowest BCUT2D eigenvalue weighted by Gasteiger charge is -1.97. The summed E-state index contributed by atoms with van der Waals surface area (Å²) in [5.41, 5.74) is 1.19. The van der Waals surface area contributed by atoms with E-state index in [0.717, 1.165) is 6.42 Å². The van der Waals surface area contributed by atoms with E-state index in [9.17, 15) is 0 Å². The van der Waals surface area contributed by atoms with E-state index in [-0.39, 0.29) is 0 Å². The minimum Gasteiger partial charge on any atom is -0.0881 e. The molecular weight excluding hydrogens is 116 g/mol. The average molecular weight is 124 g/mol. The average Bonchev–Trinajstić information content (AvgIpc) is 1.90. The SMILES string of the molecule is S=CC1=CCCC=C1. The summed E-state index contributed by atoms with van der Waals surface area (Å²) in [5, 5.41) is 1.72.